The molecule has 2 aromatic rings. The molecule has 0 radical (unpaired) electrons. The lowest BCUT2D eigenvalue weighted by molar-refractivity contribution is 0.627. The van der Waals surface area contributed by atoms with Gasteiger partial charge in [0.25, 0.3) is 0 Å². The van der Waals surface area contributed by atoms with Gasteiger partial charge in [-0.3, -0.25) is 4.98 Å². The van der Waals surface area contributed by atoms with Gasteiger partial charge in [-0.1, -0.05) is 0 Å². The van der Waals surface area contributed by atoms with E-state index in [9.17, 15) is 4.39 Å². The van der Waals surface area contributed by atoms with E-state index in [1.807, 2.05) is 6.92 Å². The van der Waals surface area contributed by atoms with E-state index in [-0.39, 0.29) is 5.82 Å². The second-order valence-electron chi connectivity index (χ2n) is 3.46. The Morgan fingerprint density at radius 3 is 2.62 bits per heavy atom. The minimum Gasteiger partial charge on any atom is -0.371 e. The van der Waals surface area contributed by atoms with Crippen molar-refractivity contribution >= 4 is 5.82 Å². The maximum atomic E-state index is 13.0. The summed E-state index contributed by atoms with van der Waals surface area (Å²) in [6.45, 7) is 1.85. The van der Waals surface area contributed by atoms with Gasteiger partial charge in [0.2, 0.25) is 0 Å². The first-order valence-electron chi connectivity index (χ1n) is 4.97. The molecule has 0 amide bonds. The summed E-state index contributed by atoms with van der Waals surface area (Å²) in [5, 5.41) is 2.97. The Kier molecular flexibility index (Phi) is 2.81. The lowest BCUT2D eigenvalue weighted by Crippen LogP contribution is -1.98. The minimum atomic E-state index is -0.240. The van der Waals surface area contributed by atoms with E-state index < -0.39 is 0 Å². The first kappa shape index (κ1) is 10.5. The van der Waals surface area contributed by atoms with Gasteiger partial charge in [-0.05, 0) is 30.7 Å². The lowest BCUT2D eigenvalue weighted by Gasteiger charge is -2.09. The number of aryl methyl sites for hydroxylation is 1. The number of hydrogen-bond acceptors (Lipinski definition) is 3. The van der Waals surface area contributed by atoms with Gasteiger partial charge in [-0.25, -0.2) is 9.37 Å². The molecule has 0 aliphatic carbocycles. The van der Waals surface area contributed by atoms with Crippen LogP contribution in [0.3, 0.4) is 0 Å². The monoisotopic (exact) mass is 217 g/mol. The maximum absolute atomic E-state index is 13.0. The molecule has 1 aromatic carbocycles. The Morgan fingerprint density at radius 2 is 1.94 bits per heavy atom. The first-order valence-corrected chi connectivity index (χ1v) is 4.97. The van der Waals surface area contributed by atoms with Crippen LogP contribution in [0.4, 0.5) is 10.2 Å². The molecule has 1 heterocycles. The van der Waals surface area contributed by atoms with Gasteiger partial charge in [0, 0.05) is 25.0 Å². The maximum Gasteiger partial charge on any atom is 0.152 e. The van der Waals surface area contributed by atoms with Crippen molar-refractivity contribution in [3.8, 4) is 11.3 Å². The fourth-order valence-electron chi connectivity index (χ4n) is 1.61. The smallest absolute Gasteiger partial charge is 0.152 e. The van der Waals surface area contributed by atoms with Crippen LogP contribution in [0.25, 0.3) is 11.3 Å². The van der Waals surface area contributed by atoms with E-state index in [1.165, 1.54) is 12.1 Å². The van der Waals surface area contributed by atoms with Crippen molar-refractivity contribution in [2.45, 2.75) is 6.92 Å². The molecule has 82 valence electrons. The summed E-state index contributed by atoms with van der Waals surface area (Å²) in [6.07, 6.45) is 3.24. The number of aromatic nitrogens is 2. The largest absolute Gasteiger partial charge is 0.371 e. The normalized spacial score (nSPS) is 10.2. The molecular weight excluding hydrogens is 205 g/mol. The van der Waals surface area contributed by atoms with Gasteiger partial charge in [0.05, 0.1) is 0 Å². The number of rotatable bonds is 2. The van der Waals surface area contributed by atoms with E-state index in [1.54, 1.807) is 25.5 Å². The van der Waals surface area contributed by atoms with Crippen LogP contribution in [0, 0.1) is 12.7 Å². The van der Waals surface area contributed by atoms with Crippen LogP contribution in [0.5, 0.6) is 0 Å². The van der Waals surface area contributed by atoms with Gasteiger partial charge in [0.1, 0.15) is 11.5 Å². The third-order valence-corrected chi connectivity index (χ3v) is 2.38. The quantitative estimate of drug-likeness (QED) is 0.840. The Hall–Kier alpha value is -1.97. The molecule has 0 saturated carbocycles. The molecule has 0 unspecified atom stereocenters. The van der Waals surface area contributed by atoms with Crippen LogP contribution in [0.1, 0.15) is 5.56 Å². The number of anilines is 1. The first-order chi connectivity index (χ1) is 7.72. The van der Waals surface area contributed by atoms with Gasteiger partial charge in [-0.2, -0.15) is 0 Å². The summed E-state index contributed by atoms with van der Waals surface area (Å²) in [5.41, 5.74) is 2.47. The number of nitrogens with zero attached hydrogens (tertiary/aromatic N) is 2. The summed E-state index contributed by atoms with van der Waals surface area (Å²) in [7, 11) is 1.78. The molecule has 0 aliphatic heterocycles. The topological polar surface area (TPSA) is 37.8 Å². The van der Waals surface area contributed by atoms with E-state index in [2.05, 4.69) is 15.3 Å². The fourth-order valence-corrected chi connectivity index (χ4v) is 1.61. The van der Waals surface area contributed by atoms with Crippen LogP contribution < -0.4 is 5.32 Å². The molecule has 0 fully saturated rings. The zero-order valence-corrected chi connectivity index (χ0v) is 9.16. The van der Waals surface area contributed by atoms with Gasteiger partial charge in [-0.15, -0.1) is 0 Å². The second-order valence-corrected chi connectivity index (χ2v) is 3.46. The zero-order chi connectivity index (χ0) is 11.5. The van der Waals surface area contributed by atoms with Gasteiger partial charge >= 0.3 is 0 Å². The number of halogens is 1. The SMILES string of the molecule is CNc1nccnc1-c1ccc(F)cc1C. The molecule has 16 heavy (non-hydrogen) atoms. The standard InChI is InChI=1S/C12H12FN3/c1-8-7-9(13)3-4-10(8)11-12(14-2)16-6-5-15-11/h3-7H,1-2H3,(H,14,16). The fraction of sp³-hybridized carbons (Fsp3) is 0.167. The highest BCUT2D eigenvalue weighted by atomic mass is 19.1. The van der Waals surface area contributed by atoms with Crippen molar-refractivity contribution in [3.63, 3.8) is 0 Å². The Morgan fingerprint density at radius 1 is 1.19 bits per heavy atom. The Labute approximate surface area is 93.4 Å². The molecule has 1 aromatic heterocycles. The molecule has 0 saturated heterocycles. The summed E-state index contributed by atoms with van der Waals surface area (Å²) < 4.78 is 13.0. The highest BCUT2D eigenvalue weighted by Gasteiger charge is 2.09. The summed E-state index contributed by atoms with van der Waals surface area (Å²) >= 11 is 0. The average Bonchev–Trinajstić information content (AvgIpc) is 2.29. The Bertz CT molecular complexity index is 511. The predicted octanol–water partition coefficient (Wildman–Crippen LogP) is 2.63. The molecule has 3 nitrogen and oxygen atoms in total. The molecule has 4 heteroatoms. The predicted molar refractivity (Wildman–Crippen MR) is 61.7 cm³/mol. The molecule has 2 rings (SSSR count). The van der Waals surface area contributed by atoms with Crippen LogP contribution in [0.2, 0.25) is 0 Å². The van der Waals surface area contributed by atoms with E-state index in [4.69, 9.17) is 0 Å². The van der Waals surface area contributed by atoms with E-state index in [0.717, 1.165) is 16.8 Å². The molecule has 0 bridgehead atoms. The molecule has 1 N–H and O–H groups in total. The molecular formula is C12H12FN3. The molecule has 0 atom stereocenters. The summed E-state index contributed by atoms with van der Waals surface area (Å²) in [5.74, 6) is 0.452. The van der Waals surface area contributed by atoms with Crippen molar-refractivity contribution in [2.75, 3.05) is 12.4 Å². The summed E-state index contributed by atoms with van der Waals surface area (Å²) in [4.78, 5) is 8.43. The van der Waals surface area contributed by atoms with Crippen molar-refractivity contribution < 1.29 is 4.39 Å². The zero-order valence-electron chi connectivity index (χ0n) is 9.16. The van der Waals surface area contributed by atoms with Gasteiger partial charge < -0.3 is 5.32 Å². The highest BCUT2D eigenvalue weighted by Crippen LogP contribution is 2.26. The van der Waals surface area contributed by atoms with Gasteiger partial charge in [0.15, 0.2) is 5.82 Å². The van der Waals surface area contributed by atoms with Crippen molar-refractivity contribution in [1.82, 2.24) is 9.97 Å². The van der Waals surface area contributed by atoms with Crippen molar-refractivity contribution in [2.24, 2.45) is 0 Å². The second kappa shape index (κ2) is 4.26. The van der Waals surface area contributed by atoms with E-state index in [0.29, 0.717) is 5.82 Å². The van der Waals surface area contributed by atoms with Crippen molar-refractivity contribution in [1.29, 1.82) is 0 Å². The minimum absolute atomic E-state index is 0.240. The number of benzene rings is 1. The van der Waals surface area contributed by atoms with E-state index >= 15 is 0 Å². The Balaban J connectivity index is 2.58. The highest BCUT2D eigenvalue weighted by molar-refractivity contribution is 5.73. The van der Waals surface area contributed by atoms with Crippen LogP contribution in [-0.4, -0.2) is 17.0 Å². The molecule has 0 spiro atoms. The van der Waals surface area contributed by atoms with Crippen LogP contribution >= 0.6 is 0 Å². The van der Waals surface area contributed by atoms with Crippen molar-refractivity contribution in [3.05, 3.63) is 42.0 Å². The third-order valence-electron chi connectivity index (χ3n) is 2.38. The van der Waals surface area contributed by atoms with Crippen LogP contribution in [-0.2, 0) is 0 Å². The van der Waals surface area contributed by atoms with Crippen LogP contribution in [0.15, 0.2) is 30.6 Å². The lowest BCUT2D eigenvalue weighted by atomic mass is 10.1. The third kappa shape index (κ3) is 1.86. The molecule has 0 aliphatic rings. The number of hydrogen-bond donors (Lipinski definition) is 1. The summed E-state index contributed by atoms with van der Waals surface area (Å²) in [6, 6.07) is 4.63. The number of nitrogens with one attached hydrogen (secondary N) is 1. The average molecular weight is 217 g/mol.